The summed E-state index contributed by atoms with van der Waals surface area (Å²) < 4.78 is 6.53. The molecule has 0 amide bonds. The van der Waals surface area contributed by atoms with Gasteiger partial charge in [0.25, 0.3) is 0 Å². The molecule has 0 N–H and O–H groups in total. The molecule has 1 aliphatic heterocycles. The molecule has 0 bridgehead atoms. The summed E-state index contributed by atoms with van der Waals surface area (Å²) in [5.74, 6) is 0.423. The van der Waals surface area contributed by atoms with E-state index in [0.29, 0.717) is 5.92 Å². The number of nitrogens with zero attached hydrogens (tertiary/aromatic N) is 1. The molecule has 3 heteroatoms. The SMILES string of the molecule is Cc1ccc([Si]2(c3ccc(C)cc3)c3ccccc3-c3cc4c5ccccc5c5cc(-c6ccc7ccc8c(N(c9ccc(-c%10cccc%11c%10oc%10ccccc%10%11)cc9)c9ccc(C(C)C)cc9)ccc9ccc6c7c98)ccc5c4cc32)cc1. The van der Waals surface area contributed by atoms with Crippen LogP contribution in [0.1, 0.15) is 36.5 Å². The lowest BCUT2D eigenvalue weighted by atomic mass is 9.87. The Kier molecular flexibility index (Phi) is 10.7. The van der Waals surface area contributed by atoms with Gasteiger partial charge in [0.1, 0.15) is 11.2 Å². The molecular formula is C81H57NOSi. The number of para-hydroxylation sites is 2. The van der Waals surface area contributed by atoms with Crippen LogP contribution in [-0.4, -0.2) is 8.07 Å². The summed E-state index contributed by atoms with van der Waals surface area (Å²) in [4.78, 5) is 2.45. The highest BCUT2D eigenvalue weighted by atomic mass is 28.3. The van der Waals surface area contributed by atoms with Gasteiger partial charge in [0, 0.05) is 33.1 Å². The predicted molar refractivity (Wildman–Crippen MR) is 362 cm³/mol. The molecule has 0 aliphatic carbocycles. The van der Waals surface area contributed by atoms with E-state index in [1.54, 1.807) is 0 Å². The maximum Gasteiger partial charge on any atom is 0.180 e. The monoisotopic (exact) mass is 1090 g/mol. The Morgan fingerprint density at radius 2 is 0.881 bits per heavy atom. The summed E-state index contributed by atoms with van der Waals surface area (Å²) in [6.45, 7) is 8.93. The van der Waals surface area contributed by atoms with Crippen LogP contribution in [0.15, 0.2) is 271 Å². The van der Waals surface area contributed by atoms with Gasteiger partial charge in [-0.15, -0.1) is 0 Å². The van der Waals surface area contributed by atoms with Crippen molar-refractivity contribution >= 4 is 132 Å². The van der Waals surface area contributed by atoms with Gasteiger partial charge < -0.3 is 9.32 Å². The Labute approximate surface area is 489 Å². The molecule has 2 heterocycles. The third-order valence-electron chi connectivity index (χ3n) is 18.8. The van der Waals surface area contributed by atoms with Crippen molar-refractivity contribution in [2.24, 2.45) is 0 Å². The van der Waals surface area contributed by atoms with Gasteiger partial charge in [0.05, 0.1) is 5.69 Å². The van der Waals surface area contributed by atoms with E-state index < -0.39 is 8.07 Å². The first-order valence-electron chi connectivity index (χ1n) is 29.6. The second-order valence-electron chi connectivity index (χ2n) is 23.8. The van der Waals surface area contributed by atoms with Crippen molar-refractivity contribution in [3.63, 3.8) is 0 Å². The lowest BCUT2D eigenvalue weighted by Gasteiger charge is -2.32. The summed E-state index contributed by atoms with van der Waals surface area (Å²) in [5.41, 5.74) is 16.4. The summed E-state index contributed by atoms with van der Waals surface area (Å²) in [6.07, 6.45) is 0. The minimum Gasteiger partial charge on any atom is -0.455 e. The molecule has 16 aromatic rings. The zero-order valence-corrected chi connectivity index (χ0v) is 48.3. The fourth-order valence-corrected chi connectivity index (χ4v) is 19.9. The number of fused-ring (bicyclic) bond motifs is 12. The maximum atomic E-state index is 6.53. The predicted octanol–water partition coefficient (Wildman–Crippen LogP) is 19.8. The van der Waals surface area contributed by atoms with Crippen molar-refractivity contribution in [2.75, 3.05) is 4.90 Å². The van der Waals surface area contributed by atoms with Gasteiger partial charge in [-0.05, 0) is 182 Å². The number of hydrogen-bond acceptors (Lipinski definition) is 2. The summed E-state index contributed by atoms with van der Waals surface area (Å²) in [6, 6.07) is 102. The largest absolute Gasteiger partial charge is 0.455 e. The average Bonchev–Trinajstić information content (AvgIpc) is 2.01. The Morgan fingerprint density at radius 1 is 0.345 bits per heavy atom. The topological polar surface area (TPSA) is 16.4 Å². The van der Waals surface area contributed by atoms with Gasteiger partial charge in [0.15, 0.2) is 8.07 Å². The molecule has 2 nitrogen and oxygen atoms in total. The Morgan fingerprint density at radius 3 is 1.60 bits per heavy atom. The molecule has 17 rings (SSSR count). The Hall–Kier alpha value is -10.1. The summed E-state index contributed by atoms with van der Waals surface area (Å²) in [7, 11) is -2.76. The van der Waals surface area contributed by atoms with E-state index in [4.69, 9.17) is 4.42 Å². The molecule has 0 atom stereocenters. The molecule has 0 saturated carbocycles. The van der Waals surface area contributed by atoms with Crippen LogP contribution < -0.4 is 25.6 Å². The lowest BCUT2D eigenvalue weighted by molar-refractivity contribution is 0.670. The minimum absolute atomic E-state index is 0.423. The number of rotatable bonds is 8. The summed E-state index contributed by atoms with van der Waals surface area (Å²) >= 11 is 0. The van der Waals surface area contributed by atoms with Crippen molar-refractivity contribution in [1.29, 1.82) is 0 Å². The van der Waals surface area contributed by atoms with E-state index >= 15 is 0 Å². The van der Waals surface area contributed by atoms with E-state index in [9.17, 15) is 0 Å². The minimum atomic E-state index is -2.76. The summed E-state index contributed by atoms with van der Waals surface area (Å²) in [5, 5.41) is 23.3. The molecule has 0 spiro atoms. The van der Waals surface area contributed by atoms with E-state index in [1.807, 2.05) is 6.07 Å². The first kappa shape index (κ1) is 48.6. The highest BCUT2D eigenvalue weighted by Gasteiger charge is 2.49. The molecule has 0 radical (unpaired) electrons. The fraction of sp³-hybridized carbons (Fsp3) is 0.0617. The Bertz CT molecular complexity index is 5300. The van der Waals surface area contributed by atoms with Crippen LogP contribution in [0.2, 0.25) is 0 Å². The van der Waals surface area contributed by atoms with Gasteiger partial charge >= 0.3 is 0 Å². The lowest BCUT2D eigenvalue weighted by Crippen LogP contribution is -2.72. The van der Waals surface area contributed by atoms with E-state index in [1.165, 1.54) is 124 Å². The van der Waals surface area contributed by atoms with Crippen LogP contribution in [-0.2, 0) is 0 Å². The molecule has 1 aliphatic rings. The smallest absolute Gasteiger partial charge is 0.180 e. The fourth-order valence-electron chi connectivity index (χ4n) is 14.7. The number of anilines is 3. The van der Waals surface area contributed by atoms with E-state index in [-0.39, 0.29) is 0 Å². The van der Waals surface area contributed by atoms with Crippen molar-refractivity contribution in [1.82, 2.24) is 0 Å². The zero-order valence-electron chi connectivity index (χ0n) is 47.3. The van der Waals surface area contributed by atoms with Crippen LogP contribution in [0.3, 0.4) is 0 Å². The van der Waals surface area contributed by atoms with E-state index in [2.05, 4.69) is 293 Å². The molecule has 0 saturated heterocycles. The van der Waals surface area contributed by atoms with Gasteiger partial charge in [-0.25, -0.2) is 0 Å². The van der Waals surface area contributed by atoms with Crippen LogP contribution in [0.5, 0.6) is 0 Å². The number of hydrogen-bond donors (Lipinski definition) is 0. The first-order valence-corrected chi connectivity index (χ1v) is 31.6. The highest BCUT2D eigenvalue weighted by Crippen LogP contribution is 2.48. The molecule has 396 valence electrons. The van der Waals surface area contributed by atoms with Crippen molar-refractivity contribution in [2.45, 2.75) is 33.6 Å². The van der Waals surface area contributed by atoms with Crippen LogP contribution in [0, 0.1) is 13.8 Å². The van der Waals surface area contributed by atoms with Gasteiger partial charge in [-0.3, -0.25) is 0 Å². The zero-order chi connectivity index (χ0) is 55.9. The first-order chi connectivity index (χ1) is 41.3. The molecule has 1 aromatic heterocycles. The molecule has 0 unspecified atom stereocenters. The maximum absolute atomic E-state index is 6.53. The second kappa shape index (κ2) is 18.5. The van der Waals surface area contributed by atoms with E-state index in [0.717, 1.165) is 50.1 Å². The van der Waals surface area contributed by atoms with Gasteiger partial charge in [-0.2, -0.15) is 0 Å². The molecular weight excluding hydrogens is 1030 g/mol. The quantitative estimate of drug-likeness (QED) is 0.111. The average molecular weight is 1090 g/mol. The standard InChI is InChI=1S/C81H57NOSi/c1-49(2)52-24-33-57(34-25-52)82(58-35-26-53(27-36-58)62-16-11-17-69-66-14-7-9-18-76(66)83-81(62)69)75-45-32-55-29-43-68-61(41-28-54-30-44-70(75)80(55)79(54)68)56-31-42-65-71(46-56)63-12-5-6-13-64(63)72-47-74-67-15-8-10-19-77(67)84(78(74)48-73(65)72,59-37-20-50(3)21-38-59)60-39-22-51(4)23-40-60/h5-49H,1-4H3. The molecule has 0 fully saturated rings. The third kappa shape index (κ3) is 7.09. The van der Waals surface area contributed by atoms with Crippen LogP contribution in [0.25, 0.3) is 120 Å². The number of aryl methyl sites for hydroxylation is 2. The van der Waals surface area contributed by atoms with Crippen molar-refractivity contribution in [3.05, 3.63) is 284 Å². The highest BCUT2D eigenvalue weighted by molar-refractivity contribution is 7.22. The van der Waals surface area contributed by atoms with Crippen molar-refractivity contribution in [3.8, 4) is 33.4 Å². The number of furan rings is 1. The number of benzene rings is 15. The van der Waals surface area contributed by atoms with Crippen LogP contribution >= 0.6 is 0 Å². The third-order valence-corrected chi connectivity index (χ3v) is 23.7. The van der Waals surface area contributed by atoms with Crippen molar-refractivity contribution < 1.29 is 4.42 Å². The molecule has 84 heavy (non-hydrogen) atoms. The molecule has 15 aromatic carbocycles. The Balaban J connectivity index is 0.838. The van der Waals surface area contributed by atoms with Gasteiger partial charge in [-0.1, -0.05) is 243 Å². The van der Waals surface area contributed by atoms with Crippen LogP contribution in [0.4, 0.5) is 17.1 Å². The second-order valence-corrected chi connectivity index (χ2v) is 27.5. The van der Waals surface area contributed by atoms with Gasteiger partial charge in [0.2, 0.25) is 0 Å². The normalized spacial score (nSPS) is 13.0.